The Hall–Kier alpha value is -2.14. The van der Waals surface area contributed by atoms with Crippen LogP contribution in [0, 0.1) is 29.1 Å². The van der Waals surface area contributed by atoms with Crippen LogP contribution in [0.4, 0.5) is 52.7 Å². The Morgan fingerprint density at radius 1 is 0.458 bits per heavy atom. The van der Waals surface area contributed by atoms with Gasteiger partial charge >= 0.3 is 11.8 Å². The van der Waals surface area contributed by atoms with Gasteiger partial charge in [-0.05, 0) is 0 Å². The summed E-state index contributed by atoms with van der Waals surface area (Å²) in [6.45, 7) is 0. The minimum Gasteiger partial charge on any atom is -0.204 e. The highest BCUT2D eigenvalue weighted by Crippen LogP contribution is 2.55. The van der Waals surface area contributed by atoms with Gasteiger partial charge in [-0.25, -0.2) is 35.1 Å². The van der Waals surface area contributed by atoms with Crippen LogP contribution in [0.3, 0.4) is 0 Å². The van der Waals surface area contributed by atoms with Crippen LogP contribution >= 0.6 is 0 Å². The molecule has 24 heavy (non-hydrogen) atoms. The van der Waals surface area contributed by atoms with Gasteiger partial charge < -0.3 is 0 Å². The van der Waals surface area contributed by atoms with E-state index in [0.29, 0.717) is 0 Å². The molecule has 0 spiro atoms. The molecule has 12 heteroatoms. The second-order valence-corrected chi connectivity index (χ2v) is 4.41. The van der Waals surface area contributed by atoms with Crippen LogP contribution in [0.5, 0.6) is 0 Å². The average molecular weight is 372 g/mol. The molecule has 1 aromatic rings. The van der Waals surface area contributed by atoms with Gasteiger partial charge in [0.25, 0.3) is 0 Å². The summed E-state index contributed by atoms with van der Waals surface area (Å²) in [5.74, 6) is -37.1. The Bertz CT molecular complexity index is 772. The zero-order valence-electron chi connectivity index (χ0n) is 10.5. The molecule has 0 fully saturated rings. The van der Waals surface area contributed by atoms with E-state index in [9.17, 15) is 52.7 Å². The van der Waals surface area contributed by atoms with Gasteiger partial charge in [-0.15, -0.1) is 0 Å². The molecule has 0 aromatic heterocycles. The largest absolute Gasteiger partial charge is 0.370 e. The molecule has 0 saturated heterocycles. The first-order valence-electron chi connectivity index (χ1n) is 5.52. The van der Waals surface area contributed by atoms with Crippen LogP contribution in [0.1, 0.15) is 5.56 Å². The summed E-state index contributed by atoms with van der Waals surface area (Å²) in [4.78, 5) is 0. The monoisotopic (exact) mass is 372 g/mol. The average Bonchev–Trinajstić information content (AvgIpc) is 2.51. The number of hydrogen-bond donors (Lipinski definition) is 0. The highest BCUT2D eigenvalue weighted by atomic mass is 19.3. The first-order valence-corrected chi connectivity index (χ1v) is 5.52. The van der Waals surface area contributed by atoms with Crippen molar-refractivity contribution in [1.29, 1.82) is 0 Å². The molecule has 0 unspecified atom stereocenters. The van der Waals surface area contributed by atoms with E-state index in [2.05, 4.69) is 0 Å². The van der Waals surface area contributed by atoms with E-state index >= 15 is 0 Å². The number of allylic oxidation sites excluding steroid dienone is 4. The van der Waals surface area contributed by atoms with E-state index in [1.165, 1.54) is 0 Å². The van der Waals surface area contributed by atoms with E-state index in [1.807, 2.05) is 0 Å². The van der Waals surface area contributed by atoms with Crippen molar-refractivity contribution in [2.75, 3.05) is 0 Å². The second-order valence-electron chi connectivity index (χ2n) is 4.41. The smallest absolute Gasteiger partial charge is 0.204 e. The third-order valence-corrected chi connectivity index (χ3v) is 3.04. The molecule has 1 aliphatic rings. The standard InChI is InChI=1S/C12F12/c13-3-1(4(14)7(17)8(18)6(3)16)2-5(15)10(20)12(23,24)11(21,22)9(2)19. The normalized spacial score (nSPS) is 20.0. The number of hydrogen-bond acceptors (Lipinski definition) is 0. The summed E-state index contributed by atoms with van der Waals surface area (Å²) < 4.78 is 158. The van der Waals surface area contributed by atoms with Crippen molar-refractivity contribution in [3.63, 3.8) is 0 Å². The zero-order valence-corrected chi connectivity index (χ0v) is 10.5. The van der Waals surface area contributed by atoms with Crippen molar-refractivity contribution in [2.24, 2.45) is 0 Å². The van der Waals surface area contributed by atoms with Gasteiger partial charge in [0.05, 0.1) is 11.1 Å². The topological polar surface area (TPSA) is 0 Å². The fraction of sp³-hybridized carbons (Fsp3) is 0.167. The maximum absolute atomic E-state index is 13.5. The van der Waals surface area contributed by atoms with Crippen LogP contribution in [0.15, 0.2) is 17.5 Å². The lowest BCUT2D eigenvalue weighted by Crippen LogP contribution is -2.45. The van der Waals surface area contributed by atoms with Crippen LogP contribution in [-0.2, 0) is 0 Å². The van der Waals surface area contributed by atoms with Crippen LogP contribution in [-0.4, -0.2) is 11.8 Å². The van der Waals surface area contributed by atoms with Gasteiger partial charge in [0.15, 0.2) is 34.9 Å². The van der Waals surface area contributed by atoms with E-state index in [1.54, 1.807) is 0 Å². The van der Waals surface area contributed by atoms with Crippen molar-refractivity contribution in [2.45, 2.75) is 11.8 Å². The Balaban J connectivity index is 2.98. The summed E-state index contributed by atoms with van der Waals surface area (Å²) in [6, 6.07) is 0. The van der Waals surface area contributed by atoms with Crippen molar-refractivity contribution < 1.29 is 52.7 Å². The third kappa shape index (κ3) is 2.04. The molecule has 0 N–H and O–H groups in total. The molecule has 0 aliphatic heterocycles. The Kier molecular flexibility index (Phi) is 3.93. The summed E-state index contributed by atoms with van der Waals surface area (Å²) >= 11 is 0. The molecular weight excluding hydrogens is 372 g/mol. The molecular formula is C12F12. The van der Waals surface area contributed by atoms with Crippen LogP contribution in [0.2, 0.25) is 0 Å². The molecule has 0 amide bonds. The van der Waals surface area contributed by atoms with E-state index in [0.717, 1.165) is 0 Å². The van der Waals surface area contributed by atoms with E-state index in [4.69, 9.17) is 0 Å². The second kappa shape index (κ2) is 5.18. The quantitative estimate of drug-likeness (QED) is 0.347. The molecule has 0 heterocycles. The van der Waals surface area contributed by atoms with Gasteiger partial charge in [0.2, 0.25) is 11.6 Å². The highest BCUT2D eigenvalue weighted by molar-refractivity contribution is 5.82. The summed E-state index contributed by atoms with van der Waals surface area (Å²) in [5, 5.41) is 0. The van der Waals surface area contributed by atoms with Gasteiger partial charge in [-0.3, -0.25) is 0 Å². The van der Waals surface area contributed by atoms with Crippen molar-refractivity contribution >= 4 is 5.57 Å². The first-order chi connectivity index (χ1) is 10.8. The molecule has 0 saturated carbocycles. The van der Waals surface area contributed by atoms with Crippen molar-refractivity contribution in [3.8, 4) is 0 Å². The molecule has 1 aliphatic carbocycles. The van der Waals surface area contributed by atoms with Crippen LogP contribution in [0.25, 0.3) is 5.57 Å². The lowest BCUT2D eigenvalue weighted by Gasteiger charge is -2.29. The SMILES string of the molecule is FC1=C(F)C(F)(F)C(F)(F)C(F)=C1c1c(F)c(F)c(F)c(F)c1F. The lowest BCUT2D eigenvalue weighted by molar-refractivity contribution is -0.183. The minimum absolute atomic E-state index is 2.65. The van der Waals surface area contributed by atoms with Crippen molar-refractivity contribution in [1.82, 2.24) is 0 Å². The molecule has 132 valence electrons. The summed E-state index contributed by atoms with van der Waals surface area (Å²) in [6.07, 6.45) is 0. The maximum Gasteiger partial charge on any atom is 0.370 e. The van der Waals surface area contributed by atoms with E-state index in [-0.39, 0.29) is 0 Å². The minimum atomic E-state index is -6.14. The number of alkyl halides is 4. The predicted octanol–water partition coefficient (Wildman–Crippen LogP) is 5.50. The third-order valence-electron chi connectivity index (χ3n) is 3.04. The first kappa shape index (κ1) is 18.2. The summed E-state index contributed by atoms with van der Waals surface area (Å²) in [7, 11) is 0. The molecule has 0 bridgehead atoms. The van der Waals surface area contributed by atoms with Crippen LogP contribution < -0.4 is 0 Å². The molecule has 0 nitrogen and oxygen atoms in total. The predicted molar refractivity (Wildman–Crippen MR) is 53.4 cm³/mol. The molecule has 2 rings (SSSR count). The number of rotatable bonds is 1. The maximum atomic E-state index is 13.5. The molecule has 1 aromatic carbocycles. The van der Waals surface area contributed by atoms with Crippen molar-refractivity contribution in [3.05, 3.63) is 52.1 Å². The number of benzene rings is 1. The van der Waals surface area contributed by atoms with Gasteiger partial charge in [0.1, 0.15) is 0 Å². The zero-order chi connectivity index (χ0) is 18.8. The Morgan fingerprint density at radius 3 is 1.21 bits per heavy atom. The molecule has 0 radical (unpaired) electrons. The van der Waals surface area contributed by atoms with Gasteiger partial charge in [-0.2, -0.15) is 17.6 Å². The van der Waals surface area contributed by atoms with Gasteiger partial charge in [0, 0.05) is 0 Å². The number of halogens is 12. The molecule has 0 atom stereocenters. The Morgan fingerprint density at radius 2 is 0.792 bits per heavy atom. The fourth-order valence-electron chi connectivity index (χ4n) is 1.82. The van der Waals surface area contributed by atoms with Gasteiger partial charge in [-0.1, -0.05) is 0 Å². The highest BCUT2D eigenvalue weighted by Gasteiger charge is 2.68. The van der Waals surface area contributed by atoms with E-state index < -0.39 is 69.5 Å². The lowest BCUT2D eigenvalue weighted by atomic mass is 9.91. The Labute approximate surface area is 123 Å². The summed E-state index contributed by atoms with van der Waals surface area (Å²) in [5.41, 5.74) is -5.48. The fourth-order valence-corrected chi connectivity index (χ4v) is 1.82.